The molecule has 0 saturated heterocycles. The van der Waals surface area contributed by atoms with Crippen LogP contribution in [0.1, 0.15) is 32.6 Å². The smallest absolute Gasteiger partial charge is 0.336 e. The molecule has 0 spiro atoms. The van der Waals surface area contributed by atoms with Crippen molar-refractivity contribution in [1.29, 1.82) is 0 Å². The number of carbonyl (C=O) groups is 2. The Bertz CT molecular complexity index is 492. The standard InChI is InChI=1S/C13H19N5O3/c1-10-8-11(20)17-12(16-10)18-13(21)15-7-5-3-2-4-6-14-9-19/h8H,2-7H2,1H3,(H3,15,16,17,18,20,21)/p+1. The molecule has 8 nitrogen and oxygen atoms in total. The van der Waals surface area contributed by atoms with E-state index in [1.807, 2.05) is 0 Å². The van der Waals surface area contributed by atoms with Gasteiger partial charge in [0.05, 0.1) is 12.6 Å². The first-order chi connectivity index (χ1) is 10.1. The van der Waals surface area contributed by atoms with E-state index in [1.165, 1.54) is 12.2 Å². The number of isocyanates is 1. The van der Waals surface area contributed by atoms with Crippen LogP contribution in [0.25, 0.3) is 0 Å². The number of nitrogens with one attached hydrogen (secondary N) is 2. The van der Waals surface area contributed by atoms with Crippen molar-refractivity contribution < 1.29 is 19.7 Å². The molecule has 0 atom stereocenters. The summed E-state index contributed by atoms with van der Waals surface area (Å²) in [6, 6.07) is -0.471. The third-order valence-corrected chi connectivity index (χ3v) is 2.73. The van der Waals surface area contributed by atoms with Crippen molar-refractivity contribution in [2.75, 3.05) is 13.1 Å². The zero-order valence-corrected chi connectivity index (χ0v) is 12.0. The van der Waals surface area contributed by atoms with Gasteiger partial charge in [0.2, 0.25) is 6.08 Å². The lowest BCUT2D eigenvalue weighted by molar-refractivity contribution is -0.488. The molecule has 0 saturated carbocycles. The molecule has 0 aromatic heterocycles. The number of guanidine groups is 1. The molecular weight excluding hydrogens is 274 g/mol. The number of urea groups is 1. The van der Waals surface area contributed by atoms with Gasteiger partial charge < -0.3 is 5.32 Å². The summed E-state index contributed by atoms with van der Waals surface area (Å²) < 4.78 is 0. The molecule has 1 aliphatic rings. The second-order valence-electron chi connectivity index (χ2n) is 4.64. The van der Waals surface area contributed by atoms with E-state index < -0.39 is 6.03 Å². The molecule has 114 valence electrons. The SMILES string of the molecule is CC1=CC(=O)NC(=NC(=O)NCCCCCCN=C=O)[NH2+]1. The van der Waals surface area contributed by atoms with Crippen LogP contribution in [0.15, 0.2) is 21.8 Å². The zero-order chi connectivity index (χ0) is 15.5. The van der Waals surface area contributed by atoms with Crippen molar-refractivity contribution in [2.24, 2.45) is 9.98 Å². The van der Waals surface area contributed by atoms with Gasteiger partial charge in [-0.05, 0) is 12.8 Å². The van der Waals surface area contributed by atoms with E-state index in [2.05, 4.69) is 20.6 Å². The highest BCUT2D eigenvalue weighted by atomic mass is 16.2. The maximum atomic E-state index is 11.6. The number of aliphatic imine (C=N–C) groups is 2. The molecule has 4 N–H and O–H groups in total. The zero-order valence-electron chi connectivity index (χ0n) is 12.0. The van der Waals surface area contributed by atoms with E-state index in [9.17, 15) is 14.4 Å². The number of hydrogen-bond donors (Lipinski definition) is 3. The number of unbranched alkanes of at least 4 members (excludes halogenated alkanes) is 3. The predicted molar refractivity (Wildman–Crippen MR) is 76.1 cm³/mol. The molecule has 3 amide bonds. The van der Waals surface area contributed by atoms with Crippen LogP contribution >= 0.6 is 0 Å². The van der Waals surface area contributed by atoms with Gasteiger partial charge in [-0.2, -0.15) is 0 Å². The maximum absolute atomic E-state index is 11.6. The van der Waals surface area contributed by atoms with Crippen LogP contribution in [0.2, 0.25) is 0 Å². The topological polar surface area (TPSA) is 117 Å². The average molecular weight is 294 g/mol. The molecule has 0 fully saturated rings. The molecule has 1 heterocycles. The molecule has 0 aromatic carbocycles. The Balaban J connectivity index is 2.15. The fourth-order valence-corrected chi connectivity index (χ4v) is 1.78. The average Bonchev–Trinajstić information content (AvgIpc) is 2.40. The first kappa shape index (κ1) is 16.7. The van der Waals surface area contributed by atoms with Gasteiger partial charge in [-0.25, -0.2) is 14.6 Å². The summed E-state index contributed by atoms with van der Waals surface area (Å²) in [4.78, 5) is 39.8. The first-order valence-corrected chi connectivity index (χ1v) is 6.86. The summed E-state index contributed by atoms with van der Waals surface area (Å²) in [6.07, 6.45) is 6.50. The van der Waals surface area contributed by atoms with Crippen molar-refractivity contribution in [3.05, 3.63) is 11.8 Å². The Labute approximate surface area is 122 Å². The van der Waals surface area contributed by atoms with Crippen LogP contribution in [-0.4, -0.2) is 37.1 Å². The van der Waals surface area contributed by atoms with Crippen molar-refractivity contribution in [3.63, 3.8) is 0 Å². The van der Waals surface area contributed by atoms with Gasteiger partial charge in [-0.1, -0.05) is 12.8 Å². The lowest BCUT2D eigenvalue weighted by Crippen LogP contribution is -2.91. The third-order valence-electron chi connectivity index (χ3n) is 2.73. The summed E-state index contributed by atoms with van der Waals surface area (Å²) in [7, 11) is 0. The second-order valence-corrected chi connectivity index (χ2v) is 4.64. The van der Waals surface area contributed by atoms with Crippen LogP contribution < -0.4 is 16.0 Å². The monoisotopic (exact) mass is 294 g/mol. The minimum atomic E-state index is -0.471. The number of nitrogens with zero attached hydrogens (tertiary/aromatic N) is 2. The van der Waals surface area contributed by atoms with Crippen molar-refractivity contribution in [2.45, 2.75) is 32.6 Å². The fourth-order valence-electron chi connectivity index (χ4n) is 1.78. The Morgan fingerprint density at radius 2 is 2.14 bits per heavy atom. The van der Waals surface area contributed by atoms with Gasteiger partial charge in [0, 0.05) is 13.5 Å². The lowest BCUT2D eigenvalue weighted by Gasteiger charge is -2.09. The summed E-state index contributed by atoms with van der Waals surface area (Å²) in [6.45, 7) is 2.79. The van der Waals surface area contributed by atoms with Crippen LogP contribution in [0.5, 0.6) is 0 Å². The Hall–Kier alpha value is -2.31. The molecule has 8 heteroatoms. The van der Waals surface area contributed by atoms with Gasteiger partial charge in [0.1, 0.15) is 5.70 Å². The molecule has 21 heavy (non-hydrogen) atoms. The molecular formula is C13H20N5O3+. The predicted octanol–water partition coefficient (Wildman–Crippen LogP) is -0.455. The quantitative estimate of drug-likeness (QED) is 0.335. The Morgan fingerprint density at radius 3 is 2.86 bits per heavy atom. The Kier molecular flexibility index (Phi) is 7.63. The van der Waals surface area contributed by atoms with Crippen LogP contribution in [0.3, 0.4) is 0 Å². The first-order valence-electron chi connectivity index (χ1n) is 6.86. The minimum Gasteiger partial charge on any atom is -0.336 e. The highest BCUT2D eigenvalue weighted by Crippen LogP contribution is 1.98. The summed E-state index contributed by atoms with van der Waals surface area (Å²) in [5.74, 6) is -0.0243. The van der Waals surface area contributed by atoms with E-state index in [-0.39, 0.29) is 11.9 Å². The van der Waals surface area contributed by atoms with Crippen LogP contribution in [0, 0.1) is 0 Å². The number of carbonyl (C=O) groups excluding carboxylic acids is 3. The number of nitrogens with two attached hydrogens (primary N) is 1. The number of quaternary nitrogens is 1. The molecule has 0 radical (unpaired) electrons. The van der Waals surface area contributed by atoms with E-state index >= 15 is 0 Å². The van der Waals surface area contributed by atoms with E-state index in [0.717, 1.165) is 31.4 Å². The summed E-state index contributed by atoms with van der Waals surface area (Å²) >= 11 is 0. The van der Waals surface area contributed by atoms with Gasteiger partial charge in [0.15, 0.2) is 0 Å². The number of allylic oxidation sites excluding steroid dienone is 1. The Morgan fingerprint density at radius 1 is 1.38 bits per heavy atom. The van der Waals surface area contributed by atoms with Gasteiger partial charge >= 0.3 is 12.0 Å². The van der Waals surface area contributed by atoms with Gasteiger partial charge in [0.25, 0.3) is 5.91 Å². The lowest BCUT2D eigenvalue weighted by atomic mass is 10.2. The molecule has 1 aliphatic heterocycles. The van der Waals surface area contributed by atoms with Crippen LogP contribution in [0.4, 0.5) is 4.79 Å². The van der Waals surface area contributed by atoms with Gasteiger partial charge in [-0.3, -0.25) is 15.4 Å². The maximum Gasteiger partial charge on any atom is 0.347 e. The molecule has 0 bridgehead atoms. The van der Waals surface area contributed by atoms with E-state index in [0.29, 0.717) is 13.1 Å². The number of rotatable bonds is 7. The molecule has 1 rings (SSSR count). The van der Waals surface area contributed by atoms with Gasteiger partial charge in [-0.15, -0.1) is 4.99 Å². The summed E-state index contributed by atoms with van der Waals surface area (Å²) in [5, 5.41) is 6.78. The van der Waals surface area contributed by atoms with E-state index in [1.54, 1.807) is 12.2 Å². The third kappa shape index (κ3) is 7.76. The normalized spacial score (nSPS) is 16.0. The van der Waals surface area contributed by atoms with Crippen molar-refractivity contribution in [3.8, 4) is 0 Å². The highest BCUT2D eigenvalue weighted by Gasteiger charge is 2.17. The minimum absolute atomic E-state index is 0.254. The van der Waals surface area contributed by atoms with Crippen LogP contribution in [-0.2, 0) is 9.59 Å². The van der Waals surface area contributed by atoms with E-state index in [4.69, 9.17) is 0 Å². The van der Waals surface area contributed by atoms with Crippen molar-refractivity contribution in [1.82, 2.24) is 10.6 Å². The fraction of sp³-hybridized carbons (Fsp3) is 0.538. The number of hydrogen-bond acceptors (Lipinski definition) is 4. The number of amides is 3. The van der Waals surface area contributed by atoms with Crippen molar-refractivity contribution >= 4 is 24.0 Å². The molecule has 0 aliphatic carbocycles. The summed E-state index contributed by atoms with van der Waals surface area (Å²) in [5.41, 5.74) is 0.753. The second kappa shape index (κ2) is 9.57. The molecule has 0 aromatic rings. The highest BCUT2D eigenvalue weighted by molar-refractivity contribution is 6.03. The molecule has 0 unspecified atom stereocenters. The largest absolute Gasteiger partial charge is 0.347 e.